The van der Waals surface area contributed by atoms with Crippen molar-refractivity contribution in [3.63, 3.8) is 0 Å². The van der Waals surface area contributed by atoms with Crippen molar-refractivity contribution in [1.29, 1.82) is 0 Å². The van der Waals surface area contributed by atoms with Crippen LogP contribution >= 0.6 is 0 Å². The molecule has 164 valence electrons. The van der Waals surface area contributed by atoms with Crippen LogP contribution in [0.2, 0.25) is 0 Å². The minimum atomic E-state index is 0.360. The van der Waals surface area contributed by atoms with Crippen LogP contribution in [0.25, 0.3) is 22.3 Å². The number of fused-ring (bicyclic) bond motifs is 3. The van der Waals surface area contributed by atoms with Crippen LogP contribution in [0.5, 0.6) is 0 Å². The molecule has 7 rings (SSSR count). The van der Waals surface area contributed by atoms with Crippen LogP contribution in [0, 0.1) is 0 Å². The molecule has 0 unspecified atom stereocenters. The third kappa shape index (κ3) is 3.51. The molecule has 0 aliphatic carbocycles. The number of benzene rings is 4. The summed E-state index contributed by atoms with van der Waals surface area (Å²) in [6, 6.07) is 40.8. The second kappa shape index (κ2) is 8.30. The Morgan fingerprint density at radius 1 is 0.576 bits per heavy atom. The molecule has 0 N–H and O–H groups in total. The molecule has 0 spiro atoms. The van der Waals surface area contributed by atoms with E-state index >= 15 is 0 Å². The third-order valence-corrected chi connectivity index (χ3v) is 7.89. The predicted octanol–water partition coefficient (Wildman–Crippen LogP) is 6.58. The monoisotopic (exact) mass is 431 g/mol. The Morgan fingerprint density at radius 3 is 1.61 bits per heavy atom. The van der Waals surface area contributed by atoms with E-state index in [1.807, 2.05) is 0 Å². The van der Waals surface area contributed by atoms with Crippen molar-refractivity contribution in [2.75, 3.05) is 33.2 Å². The van der Waals surface area contributed by atoms with E-state index in [1.165, 1.54) is 46.5 Å². The van der Waals surface area contributed by atoms with Crippen LogP contribution < -0.4 is 0 Å². The molecule has 0 aromatic heterocycles. The van der Waals surface area contributed by atoms with Gasteiger partial charge in [0.25, 0.3) is 0 Å². The van der Waals surface area contributed by atoms with Gasteiger partial charge >= 0.3 is 0 Å². The smallest absolute Gasteiger partial charge is 0.135 e. The van der Waals surface area contributed by atoms with Gasteiger partial charge in [-0.05, 0) is 27.8 Å². The summed E-state index contributed by atoms with van der Waals surface area (Å²) in [5.41, 5.74) is 8.30. The van der Waals surface area contributed by atoms with Crippen molar-refractivity contribution in [3.05, 3.63) is 120 Å². The lowest BCUT2D eigenvalue weighted by molar-refractivity contribution is -0.958. The van der Waals surface area contributed by atoms with Crippen LogP contribution in [-0.4, -0.2) is 42.6 Å². The fraction of sp³-hybridized carbons (Fsp3) is 0.226. The average molecular weight is 432 g/mol. The number of piperazine rings is 3. The lowest BCUT2D eigenvalue weighted by Gasteiger charge is -2.58. The molecule has 0 radical (unpaired) electrons. The van der Waals surface area contributed by atoms with Crippen LogP contribution in [0.1, 0.15) is 23.2 Å². The molecule has 2 heteroatoms. The number of quaternary nitrogens is 1. The molecule has 3 aliphatic rings. The molecule has 33 heavy (non-hydrogen) atoms. The minimum Gasteiger partial charge on any atom is -0.316 e. The van der Waals surface area contributed by atoms with E-state index in [9.17, 15) is 0 Å². The molecule has 3 heterocycles. The Morgan fingerprint density at radius 2 is 1.03 bits per heavy atom. The van der Waals surface area contributed by atoms with E-state index in [0.29, 0.717) is 12.1 Å². The molecule has 2 atom stereocenters. The highest BCUT2D eigenvalue weighted by atomic mass is 15.5. The number of hydrogen-bond acceptors (Lipinski definition) is 1. The summed E-state index contributed by atoms with van der Waals surface area (Å²) in [7, 11) is 2.49. The van der Waals surface area contributed by atoms with Gasteiger partial charge in [0.15, 0.2) is 0 Å². The van der Waals surface area contributed by atoms with E-state index in [0.717, 1.165) is 17.6 Å². The number of rotatable bonds is 4. The van der Waals surface area contributed by atoms with Gasteiger partial charge in [0.05, 0.1) is 26.2 Å². The first-order valence-corrected chi connectivity index (χ1v) is 12.1. The van der Waals surface area contributed by atoms with Gasteiger partial charge in [-0.25, -0.2) is 0 Å². The van der Waals surface area contributed by atoms with Crippen molar-refractivity contribution in [1.82, 2.24) is 4.90 Å². The molecular weight excluding hydrogens is 400 g/mol. The number of hydrogen-bond donors (Lipinski definition) is 0. The third-order valence-electron chi connectivity index (χ3n) is 7.89. The van der Waals surface area contributed by atoms with Gasteiger partial charge in [-0.2, -0.15) is 0 Å². The Kier molecular flexibility index (Phi) is 5.13. The summed E-state index contributed by atoms with van der Waals surface area (Å²) in [5.74, 6) is 0. The zero-order valence-corrected chi connectivity index (χ0v) is 19.3. The van der Waals surface area contributed by atoms with Crippen molar-refractivity contribution in [3.8, 4) is 22.3 Å². The van der Waals surface area contributed by atoms with Gasteiger partial charge < -0.3 is 4.48 Å². The van der Waals surface area contributed by atoms with Crippen LogP contribution in [0.3, 0.4) is 0 Å². The summed E-state index contributed by atoms with van der Waals surface area (Å²) in [4.78, 5) is 2.75. The van der Waals surface area contributed by atoms with Gasteiger partial charge in [-0.3, -0.25) is 4.90 Å². The highest BCUT2D eigenvalue weighted by Crippen LogP contribution is 2.51. The van der Waals surface area contributed by atoms with Gasteiger partial charge in [0, 0.05) is 18.7 Å². The van der Waals surface area contributed by atoms with Gasteiger partial charge in [0.1, 0.15) is 6.04 Å². The lowest BCUT2D eigenvalue weighted by atomic mass is 9.79. The first-order chi connectivity index (χ1) is 16.2. The quantitative estimate of drug-likeness (QED) is 0.330. The van der Waals surface area contributed by atoms with Crippen LogP contribution in [0.4, 0.5) is 0 Å². The molecule has 0 amide bonds. The fourth-order valence-electron chi connectivity index (χ4n) is 6.18. The zero-order chi connectivity index (χ0) is 22.3. The first-order valence-electron chi connectivity index (χ1n) is 12.1. The minimum absolute atomic E-state index is 0.360. The lowest BCUT2D eigenvalue weighted by Crippen LogP contribution is -2.67. The summed E-state index contributed by atoms with van der Waals surface area (Å²) in [6.07, 6.45) is 0. The largest absolute Gasteiger partial charge is 0.316 e. The highest BCUT2D eigenvalue weighted by Gasteiger charge is 2.52. The number of nitrogens with zero attached hydrogens (tertiary/aromatic N) is 2. The molecule has 0 saturated carbocycles. The molecule has 4 aromatic rings. The maximum Gasteiger partial charge on any atom is 0.135 e. The molecule has 3 aliphatic heterocycles. The van der Waals surface area contributed by atoms with Crippen LogP contribution in [-0.2, 0) is 0 Å². The van der Waals surface area contributed by atoms with Crippen molar-refractivity contribution < 1.29 is 4.48 Å². The van der Waals surface area contributed by atoms with Crippen molar-refractivity contribution in [2.45, 2.75) is 12.1 Å². The van der Waals surface area contributed by atoms with E-state index in [2.05, 4.69) is 121 Å². The molecule has 2 bridgehead atoms. The Bertz CT molecular complexity index is 1240. The van der Waals surface area contributed by atoms with E-state index in [-0.39, 0.29) is 0 Å². The van der Waals surface area contributed by atoms with E-state index in [4.69, 9.17) is 0 Å². The molecular formula is C31H31N2+. The summed E-state index contributed by atoms with van der Waals surface area (Å²) in [5, 5.41) is 0. The summed E-state index contributed by atoms with van der Waals surface area (Å²) in [6.45, 7) is 4.73. The first kappa shape index (κ1) is 20.4. The van der Waals surface area contributed by atoms with E-state index in [1.54, 1.807) is 0 Å². The van der Waals surface area contributed by atoms with Crippen LogP contribution in [0.15, 0.2) is 109 Å². The average Bonchev–Trinajstić information content (AvgIpc) is 2.89. The topological polar surface area (TPSA) is 3.24 Å². The predicted molar refractivity (Wildman–Crippen MR) is 137 cm³/mol. The van der Waals surface area contributed by atoms with E-state index < -0.39 is 0 Å². The van der Waals surface area contributed by atoms with Gasteiger partial charge in [0.2, 0.25) is 0 Å². The highest BCUT2D eigenvalue weighted by molar-refractivity contribution is 5.70. The SMILES string of the molecule is C[N+]12CCN(CC1)[C@H](c1ccccc1-c1ccccc1)[C@@H]2c1ccccc1-c1ccccc1. The maximum absolute atomic E-state index is 2.75. The Balaban J connectivity index is 1.55. The molecule has 3 fully saturated rings. The summed E-state index contributed by atoms with van der Waals surface area (Å²) < 4.78 is 1.11. The molecule has 3 saturated heterocycles. The van der Waals surface area contributed by atoms with Crippen molar-refractivity contribution in [2.24, 2.45) is 0 Å². The Hall–Kier alpha value is -3.20. The Labute approximate surface area is 197 Å². The standard InChI is InChI=1S/C31H31N2/c1-33-22-20-32(21-23-33)30(28-18-10-8-16-26(28)24-12-4-2-5-13-24)31(33)29-19-11-9-17-27(29)25-14-6-3-7-15-25/h2-19,30-31H,20-23H2,1H3/q+1/t30-,31+/m1/s1. The van der Waals surface area contributed by atoms with Crippen molar-refractivity contribution >= 4 is 0 Å². The fourth-order valence-corrected chi connectivity index (χ4v) is 6.18. The second-order valence-corrected chi connectivity index (χ2v) is 9.76. The molecule has 4 aromatic carbocycles. The maximum atomic E-state index is 2.75. The van der Waals surface area contributed by atoms with Gasteiger partial charge in [-0.15, -0.1) is 0 Å². The zero-order valence-electron chi connectivity index (χ0n) is 19.3. The normalized spacial score (nSPS) is 26.3. The second-order valence-electron chi connectivity index (χ2n) is 9.76. The van der Waals surface area contributed by atoms with Gasteiger partial charge in [-0.1, -0.05) is 109 Å². The molecule has 2 nitrogen and oxygen atoms in total. The number of likely N-dealkylation sites (N-methyl/N-ethyl adjacent to an activating group) is 1. The summed E-state index contributed by atoms with van der Waals surface area (Å²) >= 11 is 0.